The summed E-state index contributed by atoms with van der Waals surface area (Å²) in [5.41, 5.74) is 6.77. The van der Waals surface area contributed by atoms with E-state index >= 15 is 0 Å². The van der Waals surface area contributed by atoms with Crippen molar-refractivity contribution in [3.8, 4) is 27.4 Å². The van der Waals surface area contributed by atoms with Crippen LogP contribution >= 0.6 is 34.5 Å². The monoisotopic (exact) mass is 453 g/mol. The third-order valence-electron chi connectivity index (χ3n) is 4.35. The van der Waals surface area contributed by atoms with Gasteiger partial charge in [0.2, 0.25) is 5.13 Å². The second-order valence-corrected chi connectivity index (χ2v) is 8.17. The normalized spacial score (nSPS) is 11.0. The van der Waals surface area contributed by atoms with Crippen LogP contribution in [-0.4, -0.2) is 18.3 Å². The van der Waals surface area contributed by atoms with Crippen molar-refractivity contribution in [2.24, 2.45) is 5.10 Å². The Bertz CT molecular complexity index is 1180. The zero-order valence-electron chi connectivity index (χ0n) is 16.0. The number of ether oxygens (including phenoxy) is 1. The van der Waals surface area contributed by atoms with Crippen LogP contribution in [0.2, 0.25) is 10.0 Å². The Hall–Kier alpha value is -2.86. The molecule has 4 aromatic rings. The Morgan fingerprint density at radius 2 is 1.73 bits per heavy atom. The number of nitrogens with one attached hydrogen (secondary N) is 1. The summed E-state index contributed by atoms with van der Waals surface area (Å²) in [6.07, 6.45) is 1.65. The predicted octanol–water partition coefficient (Wildman–Crippen LogP) is 7.24. The Morgan fingerprint density at radius 3 is 2.43 bits per heavy atom. The predicted molar refractivity (Wildman–Crippen MR) is 127 cm³/mol. The summed E-state index contributed by atoms with van der Waals surface area (Å²) in [5.74, 6) is 0.804. The first kappa shape index (κ1) is 20.4. The molecule has 1 heterocycles. The van der Waals surface area contributed by atoms with Gasteiger partial charge in [-0.3, -0.25) is 5.43 Å². The van der Waals surface area contributed by atoms with Crippen molar-refractivity contribution >= 4 is 45.9 Å². The number of thiazole rings is 1. The van der Waals surface area contributed by atoms with E-state index in [0.29, 0.717) is 15.2 Å². The fraction of sp³-hybridized carbons (Fsp3) is 0.0435. The van der Waals surface area contributed by atoms with Gasteiger partial charge in [0.05, 0.1) is 28.9 Å². The van der Waals surface area contributed by atoms with Crippen LogP contribution in [0.15, 0.2) is 77.9 Å². The van der Waals surface area contributed by atoms with Gasteiger partial charge in [-0.15, -0.1) is 0 Å². The molecule has 7 heteroatoms. The number of anilines is 1. The number of nitrogens with zero attached hydrogens (tertiary/aromatic N) is 2. The third-order valence-corrected chi connectivity index (χ3v) is 5.92. The lowest BCUT2D eigenvalue weighted by molar-refractivity contribution is 0.415. The average Bonchev–Trinajstić information content (AvgIpc) is 3.20. The third kappa shape index (κ3) is 4.65. The van der Waals surface area contributed by atoms with Gasteiger partial charge in [-0.2, -0.15) is 5.10 Å². The lowest BCUT2D eigenvalue weighted by atomic mass is 10.1. The molecule has 4 nitrogen and oxygen atoms in total. The molecule has 3 aromatic carbocycles. The summed E-state index contributed by atoms with van der Waals surface area (Å²) in [6, 6.07) is 23.3. The molecule has 0 saturated heterocycles. The fourth-order valence-electron chi connectivity index (χ4n) is 2.86. The average molecular weight is 454 g/mol. The molecule has 150 valence electrons. The second-order valence-electron chi connectivity index (χ2n) is 6.33. The number of halogens is 2. The Kier molecular flexibility index (Phi) is 6.33. The van der Waals surface area contributed by atoms with E-state index < -0.39 is 0 Å². The van der Waals surface area contributed by atoms with Crippen molar-refractivity contribution < 1.29 is 4.74 Å². The van der Waals surface area contributed by atoms with Crippen LogP contribution in [-0.2, 0) is 0 Å². The molecule has 30 heavy (non-hydrogen) atoms. The highest BCUT2D eigenvalue weighted by Gasteiger charge is 2.15. The molecular formula is C23H17Cl2N3OS. The molecule has 1 aromatic heterocycles. The van der Waals surface area contributed by atoms with Gasteiger partial charge in [0.1, 0.15) is 5.75 Å². The Morgan fingerprint density at radius 1 is 0.967 bits per heavy atom. The van der Waals surface area contributed by atoms with E-state index in [-0.39, 0.29) is 0 Å². The first-order chi connectivity index (χ1) is 14.6. The molecule has 0 bridgehead atoms. The minimum absolute atomic E-state index is 0.538. The zero-order valence-corrected chi connectivity index (χ0v) is 18.3. The summed E-state index contributed by atoms with van der Waals surface area (Å²) >= 11 is 13.7. The standard InChI is InChI=1S/C23H17Cl2N3OS/c1-29-19-11-8-15(9-12-19)21-22(16-5-3-2-4-6-16)30-23(27-21)28-26-14-17-7-10-18(24)13-20(17)25/h2-14H,1H3,(H,27,28)/b26-14+. The number of hydrogen-bond acceptors (Lipinski definition) is 5. The van der Waals surface area contributed by atoms with Crippen LogP contribution in [0, 0.1) is 0 Å². The highest BCUT2D eigenvalue weighted by atomic mass is 35.5. The topological polar surface area (TPSA) is 46.5 Å². The second kappa shape index (κ2) is 9.30. The van der Waals surface area contributed by atoms with Crippen molar-refractivity contribution in [2.75, 3.05) is 12.5 Å². The van der Waals surface area contributed by atoms with Gasteiger partial charge in [-0.25, -0.2) is 4.98 Å². The van der Waals surface area contributed by atoms with E-state index in [0.717, 1.165) is 33.0 Å². The maximum absolute atomic E-state index is 6.20. The molecule has 0 spiro atoms. The molecule has 0 saturated carbocycles. The SMILES string of the molecule is COc1ccc(-c2nc(N/N=C/c3ccc(Cl)cc3Cl)sc2-c2ccccc2)cc1. The summed E-state index contributed by atoms with van der Waals surface area (Å²) < 4.78 is 5.27. The summed E-state index contributed by atoms with van der Waals surface area (Å²) in [5, 5.41) is 6.10. The van der Waals surface area contributed by atoms with Crippen LogP contribution in [0.4, 0.5) is 5.13 Å². The van der Waals surface area contributed by atoms with Gasteiger partial charge in [0.25, 0.3) is 0 Å². The minimum atomic E-state index is 0.538. The Labute approximate surface area is 188 Å². The molecule has 0 atom stereocenters. The van der Waals surface area contributed by atoms with Crippen molar-refractivity contribution in [3.05, 3.63) is 88.4 Å². The number of hydrazone groups is 1. The molecule has 0 amide bonds. The zero-order chi connectivity index (χ0) is 20.9. The first-order valence-corrected chi connectivity index (χ1v) is 10.7. The van der Waals surface area contributed by atoms with Crippen molar-refractivity contribution in [3.63, 3.8) is 0 Å². The molecule has 1 N–H and O–H groups in total. The van der Waals surface area contributed by atoms with Crippen LogP contribution in [0.3, 0.4) is 0 Å². The van der Waals surface area contributed by atoms with Crippen molar-refractivity contribution in [2.45, 2.75) is 0 Å². The van der Waals surface area contributed by atoms with Gasteiger partial charge < -0.3 is 4.74 Å². The molecule has 0 fully saturated rings. The quantitative estimate of drug-likeness (QED) is 0.247. The van der Waals surface area contributed by atoms with Crippen molar-refractivity contribution in [1.82, 2.24) is 4.98 Å². The summed E-state index contributed by atoms with van der Waals surface area (Å²) in [4.78, 5) is 5.84. The van der Waals surface area contributed by atoms with E-state index in [1.54, 1.807) is 25.5 Å². The van der Waals surface area contributed by atoms with E-state index in [1.165, 1.54) is 11.3 Å². The van der Waals surface area contributed by atoms with Crippen LogP contribution in [0.25, 0.3) is 21.7 Å². The van der Waals surface area contributed by atoms with E-state index in [2.05, 4.69) is 22.7 Å². The number of rotatable bonds is 6. The lowest BCUT2D eigenvalue weighted by Crippen LogP contribution is -1.91. The van der Waals surface area contributed by atoms with E-state index in [1.807, 2.05) is 48.5 Å². The molecule has 0 aliphatic carbocycles. The summed E-state index contributed by atoms with van der Waals surface area (Å²) in [7, 11) is 1.65. The van der Waals surface area contributed by atoms with E-state index in [9.17, 15) is 0 Å². The smallest absolute Gasteiger partial charge is 0.204 e. The fourth-order valence-corrected chi connectivity index (χ4v) is 4.26. The molecule has 0 aliphatic heterocycles. The number of benzene rings is 3. The number of aromatic nitrogens is 1. The van der Waals surface area contributed by atoms with Crippen LogP contribution in [0.1, 0.15) is 5.56 Å². The van der Waals surface area contributed by atoms with Crippen LogP contribution < -0.4 is 10.2 Å². The van der Waals surface area contributed by atoms with Gasteiger partial charge in [0, 0.05) is 16.1 Å². The highest BCUT2D eigenvalue weighted by molar-refractivity contribution is 7.19. The largest absolute Gasteiger partial charge is 0.497 e. The van der Waals surface area contributed by atoms with Gasteiger partial charge in [-0.1, -0.05) is 70.9 Å². The number of methoxy groups -OCH3 is 1. The van der Waals surface area contributed by atoms with Crippen LogP contribution in [0.5, 0.6) is 5.75 Å². The first-order valence-electron chi connectivity index (χ1n) is 9.09. The van der Waals surface area contributed by atoms with Gasteiger partial charge >= 0.3 is 0 Å². The molecule has 4 rings (SSSR count). The van der Waals surface area contributed by atoms with Gasteiger partial charge in [0.15, 0.2) is 0 Å². The maximum atomic E-state index is 6.20. The number of hydrogen-bond donors (Lipinski definition) is 1. The van der Waals surface area contributed by atoms with Crippen molar-refractivity contribution in [1.29, 1.82) is 0 Å². The highest BCUT2D eigenvalue weighted by Crippen LogP contribution is 2.39. The van der Waals surface area contributed by atoms with E-state index in [4.69, 9.17) is 32.9 Å². The lowest BCUT2D eigenvalue weighted by Gasteiger charge is -2.04. The molecular weight excluding hydrogens is 437 g/mol. The molecule has 0 unspecified atom stereocenters. The summed E-state index contributed by atoms with van der Waals surface area (Å²) in [6.45, 7) is 0. The Balaban J connectivity index is 1.65. The van der Waals surface area contributed by atoms with Gasteiger partial charge in [-0.05, 0) is 42.0 Å². The maximum Gasteiger partial charge on any atom is 0.204 e. The molecule has 0 radical (unpaired) electrons. The minimum Gasteiger partial charge on any atom is -0.497 e. The molecule has 0 aliphatic rings.